The molecule has 0 saturated heterocycles. The zero-order valence-electron chi connectivity index (χ0n) is 13.0. The first-order chi connectivity index (χ1) is 11.0. The normalized spacial score (nSPS) is 11.3. The Morgan fingerprint density at radius 3 is 2.52 bits per heavy atom. The van der Waals surface area contributed by atoms with Crippen molar-refractivity contribution in [3.05, 3.63) is 59.7 Å². The van der Waals surface area contributed by atoms with Gasteiger partial charge in [-0.3, -0.25) is 4.31 Å². The second-order valence-electron chi connectivity index (χ2n) is 5.58. The van der Waals surface area contributed by atoms with E-state index in [1.807, 2.05) is 67.2 Å². The van der Waals surface area contributed by atoms with E-state index in [2.05, 4.69) is 12.8 Å². The maximum absolute atomic E-state index is 11.9. The number of carbonyl (C=O) groups is 1. The van der Waals surface area contributed by atoms with Gasteiger partial charge in [0.25, 0.3) is 0 Å². The van der Waals surface area contributed by atoms with Crippen molar-refractivity contribution in [3.63, 3.8) is 0 Å². The summed E-state index contributed by atoms with van der Waals surface area (Å²) in [5.41, 5.74) is 3.94. The van der Waals surface area contributed by atoms with Gasteiger partial charge in [0.2, 0.25) is 0 Å². The van der Waals surface area contributed by atoms with Crippen molar-refractivity contribution in [2.75, 3.05) is 7.05 Å². The third-order valence-electron chi connectivity index (χ3n) is 3.99. The van der Waals surface area contributed by atoms with Crippen molar-refractivity contribution >= 4 is 29.7 Å². The van der Waals surface area contributed by atoms with E-state index in [1.54, 1.807) is 4.31 Å². The number of hydrogen-bond acceptors (Lipinski definition) is 3. The van der Waals surface area contributed by atoms with Gasteiger partial charge in [-0.25, -0.2) is 4.79 Å². The first-order valence-electron chi connectivity index (χ1n) is 7.29. The van der Waals surface area contributed by atoms with Gasteiger partial charge in [0.05, 0.1) is 11.3 Å². The summed E-state index contributed by atoms with van der Waals surface area (Å²) in [6, 6.07) is 15.4. The highest BCUT2D eigenvalue weighted by molar-refractivity contribution is 7.77. The molecule has 0 saturated carbocycles. The van der Waals surface area contributed by atoms with Gasteiger partial charge in [-0.05, 0) is 18.7 Å². The predicted octanol–water partition coefficient (Wildman–Crippen LogP) is 3.82. The fourth-order valence-electron chi connectivity index (χ4n) is 3.06. The number of thiol groups is 1. The molecule has 1 heterocycles. The van der Waals surface area contributed by atoms with Crippen molar-refractivity contribution in [2.45, 2.75) is 6.54 Å². The maximum Gasteiger partial charge on any atom is 0.338 e. The molecule has 1 N–H and O–H groups in total. The summed E-state index contributed by atoms with van der Waals surface area (Å²) < 4.78 is 3.73. The minimum Gasteiger partial charge on any atom is -0.478 e. The summed E-state index contributed by atoms with van der Waals surface area (Å²) in [5, 5.41) is 10.5. The van der Waals surface area contributed by atoms with Crippen LogP contribution in [-0.2, 0) is 13.6 Å². The molecule has 0 amide bonds. The van der Waals surface area contributed by atoms with Crippen molar-refractivity contribution in [2.24, 2.45) is 7.05 Å². The van der Waals surface area contributed by atoms with Gasteiger partial charge in [-0.2, -0.15) is 0 Å². The van der Waals surface area contributed by atoms with Gasteiger partial charge >= 0.3 is 5.97 Å². The predicted molar refractivity (Wildman–Crippen MR) is 95.8 cm³/mol. The Kier molecular flexibility index (Phi) is 4.15. The number of hydrogen-bond donors (Lipinski definition) is 2. The first-order valence-corrected chi connectivity index (χ1v) is 7.69. The van der Waals surface area contributed by atoms with Crippen LogP contribution in [0.3, 0.4) is 0 Å². The molecule has 5 heteroatoms. The van der Waals surface area contributed by atoms with Crippen LogP contribution in [-0.4, -0.2) is 27.0 Å². The van der Waals surface area contributed by atoms with Crippen LogP contribution in [0.5, 0.6) is 0 Å². The Bertz CT molecular complexity index is 884. The Balaban J connectivity index is 2.35. The zero-order valence-corrected chi connectivity index (χ0v) is 13.9. The van der Waals surface area contributed by atoms with E-state index in [4.69, 9.17) is 0 Å². The van der Waals surface area contributed by atoms with Gasteiger partial charge in [0.15, 0.2) is 0 Å². The third-order valence-corrected chi connectivity index (χ3v) is 4.13. The molecule has 0 bridgehead atoms. The minimum absolute atomic E-state index is 0.345. The van der Waals surface area contributed by atoms with Crippen molar-refractivity contribution in [1.82, 2.24) is 8.87 Å². The van der Waals surface area contributed by atoms with E-state index < -0.39 is 5.97 Å². The molecule has 0 aliphatic rings. The van der Waals surface area contributed by atoms with Crippen LogP contribution in [0.25, 0.3) is 22.2 Å². The van der Waals surface area contributed by atoms with Crippen molar-refractivity contribution in [1.29, 1.82) is 0 Å². The van der Waals surface area contributed by atoms with Gasteiger partial charge in [0.1, 0.15) is 0 Å². The number of fused-ring (bicyclic) bond motifs is 1. The Morgan fingerprint density at radius 1 is 1.17 bits per heavy atom. The average Bonchev–Trinajstić information content (AvgIpc) is 2.81. The lowest BCUT2D eigenvalue weighted by Crippen LogP contribution is -2.08. The monoisotopic (exact) mass is 326 g/mol. The number of aryl methyl sites for hydroxylation is 1. The fraction of sp³-hybridized carbons (Fsp3) is 0.167. The van der Waals surface area contributed by atoms with E-state index in [0.717, 1.165) is 27.7 Å². The van der Waals surface area contributed by atoms with Crippen LogP contribution in [0, 0.1) is 0 Å². The molecule has 0 unspecified atom stereocenters. The number of benzene rings is 2. The van der Waals surface area contributed by atoms with Crippen LogP contribution in [0.1, 0.15) is 15.9 Å². The lowest BCUT2D eigenvalue weighted by atomic mass is 10.00. The molecule has 0 radical (unpaired) electrons. The summed E-state index contributed by atoms with van der Waals surface area (Å²) in [5.74, 6) is -0.911. The number of aromatic carboxylic acids is 1. The number of carboxylic acid groups (broad SMARTS) is 1. The molecule has 0 aliphatic carbocycles. The van der Waals surface area contributed by atoms with Crippen molar-refractivity contribution in [3.8, 4) is 11.3 Å². The van der Waals surface area contributed by atoms with Crippen molar-refractivity contribution < 1.29 is 9.90 Å². The van der Waals surface area contributed by atoms with E-state index in [1.165, 1.54) is 0 Å². The zero-order chi connectivity index (χ0) is 16.6. The van der Waals surface area contributed by atoms with Gasteiger partial charge in [-0.1, -0.05) is 55.3 Å². The second-order valence-corrected chi connectivity index (χ2v) is 6.26. The standard InChI is InChI=1S/C18H18N2O2S/c1-19(23)11-12-7-3-4-8-13(12)17-16(18(21)22)14-9-5-6-10-15(14)20(17)2/h3-10,23H,11H2,1-2H3,(H,21,22). The number of aromatic nitrogens is 1. The number of carboxylic acids is 1. The van der Waals surface area contributed by atoms with E-state index in [-0.39, 0.29) is 0 Å². The van der Waals surface area contributed by atoms with Crippen LogP contribution < -0.4 is 0 Å². The van der Waals surface area contributed by atoms with Gasteiger partial charge < -0.3 is 9.67 Å². The minimum atomic E-state index is -0.911. The summed E-state index contributed by atoms with van der Waals surface area (Å²) in [4.78, 5) is 11.9. The highest BCUT2D eigenvalue weighted by atomic mass is 32.1. The second kappa shape index (κ2) is 6.10. The largest absolute Gasteiger partial charge is 0.478 e. The fourth-order valence-corrected chi connectivity index (χ4v) is 3.21. The van der Waals surface area contributed by atoms with Crippen LogP contribution in [0.15, 0.2) is 48.5 Å². The Labute approximate surface area is 140 Å². The highest BCUT2D eigenvalue weighted by Gasteiger charge is 2.23. The van der Waals surface area contributed by atoms with Crippen LogP contribution in [0.4, 0.5) is 0 Å². The lowest BCUT2D eigenvalue weighted by Gasteiger charge is -2.15. The van der Waals surface area contributed by atoms with E-state index in [9.17, 15) is 9.90 Å². The molecule has 0 fully saturated rings. The van der Waals surface area contributed by atoms with Crippen LogP contribution >= 0.6 is 12.8 Å². The smallest absolute Gasteiger partial charge is 0.338 e. The third kappa shape index (κ3) is 2.73. The number of rotatable bonds is 4. The Morgan fingerprint density at radius 2 is 1.83 bits per heavy atom. The molecule has 3 rings (SSSR count). The summed E-state index contributed by atoms with van der Waals surface area (Å²) in [6.45, 7) is 0.625. The molecule has 4 nitrogen and oxygen atoms in total. The summed E-state index contributed by atoms with van der Waals surface area (Å²) in [6.07, 6.45) is 0. The molecule has 0 atom stereocenters. The SMILES string of the molecule is CN(S)Cc1ccccc1-c1c(C(=O)O)c2ccccc2n1C. The average molecular weight is 326 g/mol. The molecule has 2 aromatic carbocycles. The number of nitrogens with zero attached hydrogens (tertiary/aromatic N) is 2. The molecule has 0 spiro atoms. The first kappa shape index (κ1) is 15.6. The molecule has 1 aromatic heterocycles. The van der Waals surface area contributed by atoms with E-state index in [0.29, 0.717) is 12.1 Å². The van der Waals surface area contributed by atoms with E-state index >= 15 is 0 Å². The highest BCUT2D eigenvalue weighted by Crippen LogP contribution is 2.35. The summed E-state index contributed by atoms with van der Waals surface area (Å²) >= 11 is 4.32. The van der Waals surface area contributed by atoms with Gasteiger partial charge in [-0.15, -0.1) is 0 Å². The molecule has 3 aromatic rings. The lowest BCUT2D eigenvalue weighted by molar-refractivity contribution is 0.0699. The Hall–Kier alpha value is -2.24. The quantitative estimate of drug-likeness (QED) is 0.717. The van der Waals surface area contributed by atoms with Crippen LogP contribution in [0.2, 0.25) is 0 Å². The molecule has 118 valence electrons. The molecular formula is C18H18N2O2S. The maximum atomic E-state index is 11.9. The molecule has 23 heavy (non-hydrogen) atoms. The molecule has 0 aliphatic heterocycles. The molecular weight excluding hydrogens is 308 g/mol. The summed E-state index contributed by atoms with van der Waals surface area (Å²) in [7, 11) is 3.78. The van der Waals surface area contributed by atoms with Gasteiger partial charge in [0, 0.05) is 30.1 Å². The number of para-hydroxylation sites is 1. The topological polar surface area (TPSA) is 45.5 Å².